The first-order valence-electron chi connectivity index (χ1n) is 7.97. The van der Waals surface area contributed by atoms with Crippen LogP contribution in [0.15, 0.2) is 47.8 Å². The third-order valence-electron chi connectivity index (χ3n) is 4.05. The zero-order valence-electron chi connectivity index (χ0n) is 14.9. The molecular weight excluding hydrogens is 334 g/mol. The number of nitrogens with zero attached hydrogens (tertiary/aromatic N) is 1. The maximum atomic E-state index is 5.79. The summed E-state index contributed by atoms with van der Waals surface area (Å²) in [4.78, 5) is 0. The first-order chi connectivity index (χ1) is 12.7. The lowest BCUT2D eigenvalue weighted by Crippen LogP contribution is -2.16. The molecule has 2 aromatic rings. The zero-order valence-corrected chi connectivity index (χ0v) is 14.9. The fraction of sp³-hybridized carbons (Fsp3) is 0.211. The SMILES string of the molecule is COc1cc(/C=N\N)c(C2=COC(c3ccccc3)N2)c(OC)c1OC. The third kappa shape index (κ3) is 3.11. The molecule has 0 saturated carbocycles. The summed E-state index contributed by atoms with van der Waals surface area (Å²) in [6.07, 6.45) is 2.87. The molecule has 1 aliphatic heterocycles. The van der Waals surface area contributed by atoms with E-state index in [9.17, 15) is 0 Å². The molecule has 2 aromatic carbocycles. The van der Waals surface area contributed by atoms with Gasteiger partial charge in [0.05, 0.1) is 38.8 Å². The highest BCUT2D eigenvalue weighted by Gasteiger charge is 2.28. The normalized spacial score (nSPS) is 16.0. The van der Waals surface area contributed by atoms with Gasteiger partial charge in [0.15, 0.2) is 17.7 Å². The number of nitrogens with one attached hydrogen (secondary N) is 1. The van der Waals surface area contributed by atoms with Crippen LogP contribution in [0.3, 0.4) is 0 Å². The highest BCUT2D eigenvalue weighted by Crippen LogP contribution is 2.45. The minimum Gasteiger partial charge on any atom is -0.493 e. The molecule has 0 saturated heterocycles. The van der Waals surface area contributed by atoms with Crippen molar-refractivity contribution in [3.63, 3.8) is 0 Å². The molecule has 1 atom stereocenters. The van der Waals surface area contributed by atoms with E-state index in [1.807, 2.05) is 30.3 Å². The Bertz CT molecular complexity index is 834. The van der Waals surface area contributed by atoms with Crippen LogP contribution in [0.2, 0.25) is 0 Å². The Morgan fingerprint density at radius 3 is 2.42 bits per heavy atom. The fourth-order valence-corrected chi connectivity index (χ4v) is 2.90. The molecule has 0 radical (unpaired) electrons. The van der Waals surface area contributed by atoms with Crippen LogP contribution in [0.1, 0.15) is 22.9 Å². The highest BCUT2D eigenvalue weighted by atomic mass is 16.5. The topological polar surface area (TPSA) is 87.3 Å². The van der Waals surface area contributed by atoms with Gasteiger partial charge in [0.2, 0.25) is 5.75 Å². The van der Waals surface area contributed by atoms with Crippen molar-refractivity contribution in [2.45, 2.75) is 6.23 Å². The van der Waals surface area contributed by atoms with Gasteiger partial charge in [-0.25, -0.2) is 0 Å². The van der Waals surface area contributed by atoms with Crippen LogP contribution in [0.5, 0.6) is 17.2 Å². The van der Waals surface area contributed by atoms with E-state index in [2.05, 4.69) is 10.4 Å². The molecule has 7 heteroatoms. The summed E-state index contributed by atoms with van der Waals surface area (Å²) < 4.78 is 22.3. The summed E-state index contributed by atoms with van der Waals surface area (Å²) in [7, 11) is 4.68. The lowest BCUT2D eigenvalue weighted by atomic mass is 10.0. The number of methoxy groups -OCH3 is 3. The van der Waals surface area contributed by atoms with E-state index in [0.717, 1.165) is 16.8 Å². The number of hydrogen-bond donors (Lipinski definition) is 2. The summed E-state index contributed by atoms with van der Waals surface area (Å²) in [5.41, 5.74) is 3.16. The van der Waals surface area contributed by atoms with Gasteiger partial charge < -0.3 is 30.1 Å². The Balaban J connectivity index is 2.06. The molecule has 7 nitrogen and oxygen atoms in total. The smallest absolute Gasteiger partial charge is 0.204 e. The van der Waals surface area contributed by atoms with E-state index in [1.165, 1.54) is 6.21 Å². The van der Waals surface area contributed by atoms with Crippen molar-refractivity contribution in [2.75, 3.05) is 21.3 Å². The fourth-order valence-electron chi connectivity index (χ4n) is 2.90. The molecule has 1 aliphatic rings. The average molecular weight is 355 g/mol. The van der Waals surface area contributed by atoms with Gasteiger partial charge in [-0.05, 0) is 6.07 Å². The van der Waals surface area contributed by atoms with Crippen molar-refractivity contribution in [3.8, 4) is 17.2 Å². The average Bonchev–Trinajstić information content (AvgIpc) is 3.17. The number of hydrogen-bond acceptors (Lipinski definition) is 7. The van der Waals surface area contributed by atoms with Gasteiger partial charge >= 0.3 is 0 Å². The van der Waals surface area contributed by atoms with Crippen molar-refractivity contribution in [2.24, 2.45) is 10.9 Å². The van der Waals surface area contributed by atoms with Crippen molar-refractivity contribution in [1.82, 2.24) is 5.32 Å². The summed E-state index contributed by atoms with van der Waals surface area (Å²) >= 11 is 0. The Morgan fingerprint density at radius 2 is 1.81 bits per heavy atom. The summed E-state index contributed by atoms with van der Waals surface area (Å²) in [5, 5.41) is 6.99. The lowest BCUT2D eigenvalue weighted by molar-refractivity contribution is 0.155. The first kappa shape index (κ1) is 17.5. The Morgan fingerprint density at radius 1 is 1.08 bits per heavy atom. The molecular formula is C19H21N3O4. The van der Waals surface area contributed by atoms with Gasteiger partial charge in [0, 0.05) is 11.1 Å². The quantitative estimate of drug-likeness (QED) is 0.471. The molecule has 1 heterocycles. The predicted molar refractivity (Wildman–Crippen MR) is 99.3 cm³/mol. The molecule has 0 amide bonds. The van der Waals surface area contributed by atoms with E-state index in [-0.39, 0.29) is 6.23 Å². The Hall–Kier alpha value is -3.35. The first-order valence-corrected chi connectivity index (χ1v) is 7.97. The van der Waals surface area contributed by atoms with Crippen LogP contribution in [0.25, 0.3) is 5.70 Å². The largest absolute Gasteiger partial charge is 0.493 e. The zero-order chi connectivity index (χ0) is 18.5. The summed E-state index contributed by atoms with van der Waals surface area (Å²) in [6.45, 7) is 0. The van der Waals surface area contributed by atoms with Crippen LogP contribution < -0.4 is 25.4 Å². The third-order valence-corrected chi connectivity index (χ3v) is 4.05. The van der Waals surface area contributed by atoms with Gasteiger partial charge in [-0.15, -0.1) is 0 Å². The van der Waals surface area contributed by atoms with Gasteiger partial charge in [-0.2, -0.15) is 5.10 Å². The van der Waals surface area contributed by atoms with Crippen molar-refractivity contribution in [1.29, 1.82) is 0 Å². The molecule has 0 spiro atoms. The van der Waals surface area contributed by atoms with Crippen LogP contribution in [-0.2, 0) is 4.74 Å². The number of hydrazone groups is 1. The van der Waals surface area contributed by atoms with Crippen LogP contribution in [0.4, 0.5) is 0 Å². The van der Waals surface area contributed by atoms with Crippen molar-refractivity contribution >= 4 is 11.9 Å². The van der Waals surface area contributed by atoms with Crippen LogP contribution >= 0.6 is 0 Å². The van der Waals surface area contributed by atoms with Crippen LogP contribution in [-0.4, -0.2) is 27.5 Å². The summed E-state index contributed by atoms with van der Waals surface area (Å²) in [6, 6.07) is 11.6. The van der Waals surface area contributed by atoms with Crippen LogP contribution in [0, 0.1) is 0 Å². The van der Waals surface area contributed by atoms with Gasteiger partial charge in [-0.1, -0.05) is 30.3 Å². The molecule has 1 unspecified atom stereocenters. The molecule has 136 valence electrons. The minimum atomic E-state index is -0.299. The molecule has 3 N–H and O–H groups in total. The van der Waals surface area contributed by atoms with E-state index in [0.29, 0.717) is 22.8 Å². The molecule has 0 bridgehead atoms. The minimum absolute atomic E-state index is 0.299. The van der Waals surface area contributed by atoms with E-state index in [1.54, 1.807) is 33.7 Å². The van der Waals surface area contributed by atoms with Gasteiger partial charge in [0.1, 0.15) is 6.26 Å². The number of rotatable bonds is 6. The van der Waals surface area contributed by atoms with E-state index < -0.39 is 0 Å². The second kappa shape index (κ2) is 7.69. The Kier molecular flexibility index (Phi) is 5.17. The number of nitrogens with two attached hydrogens (primary N) is 1. The van der Waals surface area contributed by atoms with Crippen molar-refractivity contribution in [3.05, 3.63) is 59.4 Å². The highest BCUT2D eigenvalue weighted by molar-refractivity contribution is 5.92. The second-order valence-electron chi connectivity index (χ2n) is 5.49. The van der Waals surface area contributed by atoms with E-state index in [4.69, 9.17) is 24.8 Å². The maximum absolute atomic E-state index is 5.79. The van der Waals surface area contributed by atoms with Crippen molar-refractivity contribution < 1.29 is 18.9 Å². The van der Waals surface area contributed by atoms with Gasteiger partial charge in [-0.3, -0.25) is 0 Å². The molecule has 3 rings (SSSR count). The number of benzene rings is 2. The predicted octanol–water partition coefficient (Wildman–Crippen LogP) is 2.62. The van der Waals surface area contributed by atoms with E-state index >= 15 is 0 Å². The monoisotopic (exact) mass is 355 g/mol. The molecule has 0 fully saturated rings. The second-order valence-corrected chi connectivity index (χ2v) is 5.49. The lowest BCUT2D eigenvalue weighted by Gasteiger charge is -2.19. The summed E-state index contributed by atoms with van der Waals surface area (Å²) in [5.74, 6) is 6.88. The Labute approximate surface area is 152 Å². The number of ether oxygens (including phenoxy) is 4. The molecule has 0 aliphatic carbocycles. The standard InChI is InChI=1S/C19H21N3O4/c1-23-15-9-13(10-21-20)16(18(25-3)17(15)24-2)14-11-26-19(22-14)12-7-5-4-6-8-12/h4-11,19,22H,20H2,1-3H3/b21-10-. The maximum Gasteiger partial charge on any atom is 0.204 e. The molecule has 26 heavy (non-hydrogen) atoms. The van der Waals surface area contributed by atoms with Gasteiger partial charge in [0.25, 0.3) is 0 Å². The molecule has 0 aromatic heterocycles.